The third-order valence-corrected chi connectivity index (χ3v) is 6.36. The fourth-order valence-corrected chi connectivity index (χ4v) is 4.68. The first-order valence-electron chi connectivity index (χ1n) is 10.7. The minimum Gasteiger partial charge on any atom is -0.345 e. The molecular weight excluding hydrogens is 380 g/mol. The largest absolute Gasteiger partial charge is 0.345 e. The summed E-state index contributed by atoms with van der Waals surface area (Å²) < 4.78 is 1.95. The number of hydrogen-bond donors (Lipinski definition) is 2. The van der Waals surface area contributed by atoms with Crippen molar-refractivity contribution in [3.8, 4) is 0 Å². The van der Waals surface area contributed by atoms with Crippen molar-refractivity contribution in [2.24, 2.45) is 5.92 Å². The molecule has 5 rings (SSSR count). The summed E-state index contributed by atoms with van der Waals surface area (Å²) in [4.78, 5) is 31.6. The van der Waals surface area contributed by atoms with E-state index in [2.05, 4.69) is 20.5 Å². The number of nitrogens with one attached hydrogen (secondary N) is 2. The van der Waals surface area contributed by atoms with Gasteiger partial charge in [-0.05, 0) is 37.3 Å². The molecule has 0 unspecified atom stereocenters. The molecule has 0 aromatic carbocycles. The van der Waals surface area contributed by atoms with E-state index in [0.29, 0.717) is 44.1 Å². The number of amides is 2. The van der Waals surface area contributed by atoms with E-state index in [1.807, 2.05) is 33.7 Å². The molecule has 8 heteroatoms. The molecule has 2 amide bonds. The van der Waals surface area contributed by atoms with Gasteiger partial charge in [0.05, 0.1) is 30.7 Å². The highest BCUT2D eigenvalue weighted by Crippen LogP contribution is 2.29. The molecule has 3 aromatic rings. The van der Waals surface area contributed by atoms with Crippen molar-refractivity contribution in [1.29, 1.82) is 0 Å². The van der Waals surface area contributed by atoms with Crippen molar-refractivity contribution in [2.75, 3.05) is 6.54 Å². The Kier molecular flexibility index (Phi) is 4.98. The van der Waals surface area contributed by atoms with Crippen molar-refractivity contribution < 1.29 is 9.59 Å². The van der Waals surface area contributed by atoms with Crippen LogP contribution >= 0.6 is 0 Å². The van der Waals surface area contributed by atoms with Crippen LogP contribution in [-0.2, 0) is 24.3 Å². The molecule has 0 radical (unpaired) electrons. The number of nitrogens with zero attached hydrogens (tertiary/aromatic N) is 4. The van der Waals surface area contributed by atoms with Gasteiger partial charge in [0, 0.05) is 24.7 Å². The lowest BCUT2D eigenvalue weighted by molar-refractivity contribution is -0.133. The van der Waals surface area contributed by atoms with Crippen LogP contribution in [0.4, 0.5) is 0 Å². The molecule has 2 aliphatic rings. The smallest absolute Gasteiger partial charge is 0.272 e. The molecule has 0 saturated heterocycles. The number of carbonyl (C=O) groups is 2. The van der Waals surface area contributed by atoms with E-state index in [4.69, 9.17) is 0 Å². The van der Waals surface area contributed by atoms with Gasteiger partial charge in [0.1, 0.15) is 5.65 Å². The van der Waals surface area contributed by atoms with Gasteiger partial charge in [-0.15, -0.1) is 0 Å². The number of pyridine rings is 1. The number of carbonyl (C=O) groups excluding carboxylic acids is 2. The van der Waals surface area contributed by atoms with Crippen LogP contribution in [0, 0.1) is 5.92 Å². The van der Waals surface area contributed by atoms with Gasteiger partial charge in [0.25, 0.3) is 5.91 Å². The number of fused-ring (bicyclic) bond motifs is 2. The molecule has 156 valence electrons. The summed E-state index contributed by atoms with van der Waals surface area (Å²) in [5.74, 6) is 0.562. The van der Waals surface area contributed by atoms with Crippen LogP contribution in [-0.4, -0.2) is 42.8 Å². The summed E-state index contributed by atoms with van der Waals surface area (Å²) >= 11 is 0. The molecule has 8 nitrogen and oxygen atoms in total. The maximum absolute atomic E-state index is 12.8. The molecule has 0 atom stereocenters. The summed E-state index contributed by atoms with van der Waals surface area (Å²) in [7, 11) is 0. The highest BCUT2D eigenvalue weighted by Gasteiger charge is 2.29. The Morgan fingerprint density at radius 2 is 2.10 bits per heavy atom. The fourth-order valence-electron chi connectivity index (χ4n) is 4.68. The molecule has 3 aromatic heterocycles. The number of H-pyrrole nitrogens is 1. The third kappa shape index (κ3) is 3.58. The maximum atomic E-state index is 12.8. The van der Waals surface area contributed by atoms with Gasteiger partial charge in [0.15, 0.2) is 5.69 Å². The number of aromatic nitrogens is 4. The summed E-state index contributed by atoms with van der Waals surface area (Å²) in [6, 6.07) is 5.79. The van der Waals surface area contributed by atoms with Crippen molar-refractivity contribution in [3.63, 3.8) is 0 Å². The Morgan fingerprint density at radius 1 is 1.23 bits per heavy atom. The zero-order valence-electron chi connectivity index (χ0n) is 16.9. The first kappa shape index (κ1) is 18.8. The van der Waals surface area contributed by atoms with Gasteiger partial charge < -0.3 is 14.6 Å². The molecule has 1 fully saturated rings. The molecule has 4 heterocycles. The van der Waals surface area contributed by atoms with Crippen LogP contribution in [0.5, 0.6) is 0 Å². The molecule has 0 bridgehead atoms. The van der Waals surface area contributed by atoms with E-state index < -0.39 is 0 Å². The lowest BCUT2D eigenvalue weighted by Gasteiger charge is -2.28. The summed E-state index contributed by atoms with van der Waals surface area (Å²) in [5.41, 5.74) is 3.99. The van der Waals surface area contributed by atoms with Gasteiger partial charge in [-0.2, -0.15) is 5.10 Å². The highest BCUT2D eigenvalue weighted by molar-refractivity contribution is 5.94. The molecule has 30 heavy (non-hydrogen) atoms. The van der Waals surface area contributed by atoms with Crippen LogP contribution in [0.2, 0.25) is 0 Å². The first-order valence-corrected chi connectivity index (χ1v) is 10.7. The van der Waals surface area contributed by atoms with Crippen molar-refractivity contribution in [1.82, 2.24) is 29.8 Å². The van der Waals surface area contributed by atoms with Gasteiger partial charge >= 0.3 is 0 Å². The number of hydrogen-bond acceptors (Lipinski definition) is 4. The SMILES string of the molecule is O=C(NCc1cnc2ccccn12)c1n[nH]c2c1CCN(C(=O)CC1CCCC1)C2. The first-order chi connectivity index (χ1) is 14.7. The average molecular weight is 406 g/mol. The van der Waals surface area contributed by atoms with Gasteiger partial charge in [-0.3, -0.25) is 14.7 Å². The van der Waals surface area contributed by atoms with E-state index in [1.54, 1.807) is 6.20 Å². The van der Waals surface area contributed by atoms with E-state index in [1.165, 1.54) is 25.7 Å². The predicted molar refractivity (Wildman–Crippen MR) is 111 cm³/mol. The molecular formula is C22H26N6O2. The minimum atomic E-state index is -0.205. The second kappa shape index (κ2) is 7.93. The Balaban J connectivity index is 1.22. The van der Waals surface area contributed by atoms with Crippen molar-refractivity contribution >= 4 is 17.5 Å². The molecule has 2 N–H and O–H groups in total. The standard InChI is InChI=1S/C22H26N6O2/c29-20(11-15-5-1-2-6-15)27-10-8-17-18(14-27)25-26-21(17)22(30)24-13-16-12-23-19-7-3-4-9-28(16)19/h3-4,7,9,12,15H,1-2,5-6,8,10-11,13-14H2,(H,24,30)(H,25,26). The Morgan fingerprint density at radius 3 is 2.97 bits per heavy atom. The zero-order valence-corrected chi connectivity index (χ0v) is 16.9. The van der Waals surface area contributed by atoms with E-state index in [-0.39, 0.29) is 11.8 Å². The quantitative estimate of drug-likeness (QED) is 0.680. The normalized spacial score (nSPS) is 16.7. The van der Waals surface area contributed by atoms with Gasteiger partial charge in [0.2, 0.25) is 5.91 Å². The Bertz CT molecular complexity index is 1080. The summed E-state index contributed by atoms with van der Waals surface area (Å²) in [5, 5.41) is 10.2. The van der Waals surface area contributed by atoms with E-state index in [9.17, 15) is 9.59 Å². The summed E-state index contributed by atoms with van der Waals surface area (Å²) in [6.07, 6.45) is 9.83. The van der Waals surface area contributed by atoms with Crippen molar-refractivity contribution in [3.05, 3.63) is 53.2 Å². The lowest BCUT2D eigenvalue weighted by Crippen LogP contribution is -2.37. The zero-order chi connectivity index (χ0) is 20.5. The van der Waals surface area contributed by atoms with Crippen LogP contribution in [0.3, 0.4) is 0 Å². The molecule has 0 spiro atoms. The van der Waals surface area contributed by atoms with Crippen molar-refractivity contribution in [2.45, 2.75) is 51.6 Å². The predicted octanol–water partition coefficient (Wildman–Crippen LogP) is 2.45. The fraction of sp³-hybridized carbons (Fsp3) is 0.455. The van der Waals surface area contributed by atoms with Crippen LogP contribution in [0.1, 0.15) is 59.5 Å². The topological polar surface area (TPSA) is 95.4 Å². The molecule has 1 aliphatic heterocycles. The second-order valence-electron chi connectivity index (χ2n) is 8.31. The van der Waals surface area contributed by atoms with E-state index >= 15 is 0 Å². The monoisotopic (exact) mass is 406 g/mol. The second-order valence-corrected chi connectivity index (χ2v) is 8.31. The van der Waals surface area contributed by atoms with Gasteiger partial charge in [-0.1, -0.05) is 18.9 Å². The number of aromatic amines is 1. The van der Waals surface area contributed by atoms with E-state index in [0.717, 1.165) is 22.6 Å². The lowest BCUT2D eigenvalue weighted by atomic mass is 10.0. The highest BCUT2D eigenvalue weighted by atomic mass is 16.2. The molecule has 1 aliphatic carbocycles. The number of rotatable bonds is 5. The third-order valence-electron chi connectivity index (χ3n) is 6.36. The Hall–Kier alpha value is -3.16. The maximum Gasteiger partial charge on any atom is 0.272 e. The van der Waals surface area contributed by atoms with Crippen LogP contribution in [0.15, 0.2) is 30.6 Å². The average Bonchev–Trinajstić information content (AvgIpc) is 3.51. The Labute approximate surface area is 174 Å². The molecule has 1 saturated carbocycles. The van der Waals surface area contributed by atoms with Crippen LogP contribution in [0.25, 0.3) is 5.65 Å². The minimum absolute atomic E-state index is 0.205. The van der Waals surface area contributed by atoms with Gasteiger partial charge in [-0.25, -0.2) is 4.98 Å². The summed E-state index contributed by atoms with van der Waals surface area (Å²) in [6.45, 7) is 1.53. The van der Waals surface area contributed by atoms with Crippen LogP contribution < -0.4 is 5.32 Å². The number of imidazole rings is 1.